The first-order chi connectivity index (χ1) is 10.3. The number of aryl methyl sites for hydroxylation is 1. The number of allylic oxidation sites excluding steroid dienone is 1. The number of aliphatic imine (C=N–C) groups is 1. The zero-order chi connectivity index (χ0) is 16.0. The molecule has 0 aromatic heterocycles. The number of ether oxygens (including phenoxy) is 2. The number of hydrogen-bond donors (Lipinski definition) is 0. The maximum Gasteiger partial charge on any atom is 0.220 e. The van der Waals surface area contributed by atoms with Crippen LogP contribution in [0.4, 0.5) is 0 Å². The molecule has 0 unspecified atom stereocenters. The fraction of sp³-hybridized carbons (Fsp3) is 0.526. The molecule has 3 heteroatoms. The van der Waals surface area contributed by atoms with E-state index in [9.17, 15) is 0 Å². The molecule has 22 heavy (non-hydrogen) atoms. The van der Waals surface area contributed by atoms with Gasteiger partial charge in [-0.1, -0.05) is 41.5 Å². The second-order valence-corrected chi connectivity index (χ2v) is 7.30. The van der Waals surface area contributed by atoms with Crippen molar-refractivity contribution < 1.29 is 9.47 Å². The molecule has 0 saturated carbocycles. The Morgan fingerprint density at radius 2 is 1.95 bits per heavy atom. The molecule has 3 nitrogen and oxygen atoms in total. The summed E-state index contributed by atoms with van der Waals surface area (Å²) in [5.41, 5.74) is 3.17. The lowest BCUT2D eigenvalue weighted by atomic mass is 9.94. The van der Waals surface area contributed by atoms with Gasteiger partial charge in [0, 0.05) is 6.42 Å². The molecule has 1 fully saturated rings. The summed E-state index contributed by atoms with van der Waals surface area (Å²) in [6.07, 6.45) is 3.06. The van der Waals surface area contributed by atoms with E-state index in [1.807, 2.05) is 0 Å². The standard InChI is InChI=1S/C19H25NO2/c1-13(2)10-11-19(17-20-18(4,5)12-21-17)16(22-19)15-8-6-14(3)7-9-15/h6-10,16H,11-12H2,1-5H3/t16-,19+/m1/s1. The number of nitrogens with zero attached hydrogens (tertiary/aromatic N) is 1. The second kappa shape index (κ2) is 5.24. The third kappa shape index (κ3) is 2.82. The van der Waals surface area contributed by atoms with Crippen molar-refractivity contribution >= 4 is 5.90 Å². The molecule has 0 N–H and O–H groups in total. The summed E-state index contributed by atoms with van der Waals surface area (Å²) >= 11 is 0. The molecule has 1 aromatic carbocycles. The van der Waals surface area contributed by atoms with Crippen LogP contribution in [-0.4, -0.2) is 23.6 Å². The first-order valence-electron chi connectivity index (χ1n) is 7.93. The Morgan fingerprint density at radius 3 is 2.50 bits per heavy atom. The fourth-order valence-corrected chi connectivity index (χ4v) is 2.82. The minimum Gasteiger partial charge on any atom is -0.476 e. The zero-order valence-electron chi connectivity index (χ0n) is 14.1. The molecule has 118 valence electrons. The van der Waals surface area contributed by atoms with E-state index in [4.69, 9.17) is 14.5 Å². The summed E-state index contributed by atoms with van der Waals surface area (Å²) in [4.78, 5) is 4.77. The van der Waals surface area contributed by atoms with Gasteiger partial charge in [0.15, 0.2) is 5.60 Å². The average molecular weight is 299 g/mol. The largest absolute Gasteiger partial charge is 0.476 e. The van der Waals surface area contributed by atoms with Gasteiger partial charge >= 0.3 is 0 Å². The third-order valence-corrected chi connectivity index (χ3v) is 4.22. The van der Waals surface area contributed by atoms with Crippen LogP contribution in [0.2, 0.25) is 0 Å². The van der Waals surface area contributed by atoms with Crippen molar-refractivity contribution in [2.45, 2.75) is 58.3 Å². The maximum absolute atomic E-state index is 6.16. The van der Waals surface area contributed by atoms with Crippen LogP contribution in [-0.2, 0) is 9.47 Å². The summed E-state index contributed by atoms with van der Waals surface area (Å²) in [6, 6.07) is 8.55. The fourth-order valence-electron chi connectivity index (χ4n) is 2.82. The second-order valence-electron chi connectivity index (χ2n) is 7.30. The minimum absolute atomic E-state index is 0.0383. The summed E-state index contributed by atoms with van der Waals surface area (Å²) in [6.45, 7) is 11.1. The zero-order valence-corrected chi connectivity index (χ0v) is 14.1. The highest BCUT2D eigenvalue weighted by molar-refractivity contribution is 5.90. The molecule has 0 bridgehead atoms. The van der Waals surface area contributed by atoms with Crippen LogP contribution >= 0.6 is 0 Å². The molecule has 1 aromatic rings. The molecule has 0 spiro atoms. The van der Waals surface area contributed by atoms with Gasteiger partial charge in [0.25, 0.3) is 0 Å². The number of benzene rings is 1. The lowest BCUT2D eigenvalue weighted by Gasteiger charge is -2.11. The van der Waals surface area contributed by atoms with E-state index >= 15 is 0 Å². The Labute approximate surface area is 133 Å². The Kier molecular flexibility index (Phi) is 3.64. The van der Waals surface area contributed by atoms with Crippen LogP contribution in [0.3, 0.4) is 0 Å². The Hall–Kier alpha value is -1.61. The van der Waals surface area contributed by atoms with Gasteiger partial charge in [-0.05, 0) is 40.2 Å². The van der Waals surface area contributed by atoms with E-state index in [0.29, 0.717) is 6.61 Å². The molecule has 0 radical (unpaired) electrons. The molecule has 0 aliphatic carbocycles. The first kappa shape index (κ1) is 15.3. The predicted octanol–water partition coefficient (Wildman–Crippen LogP) is 4.37. The Bertz CT molecular complexity index is 623. The highest BCUT2D eigenvalue weighted by atomic mass is 16.6. The summed E-state index contributed by atoms with van der Waals surface area (Å²) in [7, 11) is 0. The molecular weight excluding hydrogens is 274 g/mol. The Morgan fingerprint density at radius 1 is 1.27 bits per heavy atom. The number of rotatable bonds is 4. The minimum atomic E-state index is -0.416. The smallest absolute Gasteiger partial charge is 0.220 e. The van der Waals surface area contributed by atoms with Gasteiger partial charge in [-0.25, -0.2) is 4.99 Å². The third-order valence-electron chi connectivity index (χ3n) is 4.22. The molecule has 3 rings (SSSR count). The van der Waals surface area contributed by atoms with Gasteiger partial charge in [0.05, 0.1) is 5.54 Å². The van der Waals surface area contributed by atoms with Gasteiger partial charge < -0.3 is 9.47 Å². The van der Waals surface area contributed by atoms with Gasteiger partial charge in [0.2, 0.25) is 5.90 Å². The van der Waals surface area contributed by atoms with E-state index in [-0.39, 0.29) is 11.6 Å². The van der Waals surface area contributed by atoms with Crippen LogP contribution in [0.25, 0.3) is 0 Å². The van der Waals surface area contributed by atoms with Crippen LogP contribution in [0.1, 0.15) is 51.3 Å². The number of hydrogen-bond acceptors (Lipinski definition) is 3. The van der Waals surface area contributed by atoms with Crippen molar-refractivity contribution in [1.82, 2.24) is 0 Å². The maximum atomic E-state index is 6.16. The van der Waals surface area contributed by atoms with Crippen molar-refractivity contribution in [2.24, 2.45) is 4.99 Å². The van der Waals surface area contributed by atoms with Gasteiger partial charge in [0.1, 0.15) is 12.7 Å². The molecular formula is C19H25NO2. The van der Waals surface area contributed by atoms with E-state index < -0.39 is 5.60 Å². The topological polar surface area (TPSA) is 34.1 Å². The summed E-state index contributed by atoms with van der Waals surface area (Å²) < 4.78 is 12.1. The van der Waals surface area contributed by atoms with Crippen molar-refractivity contribution in [3.8, 4) is 0 Å². The average Bonchev–Trinajstić information content (AvgIpc) is 3.07. The van der Waals surface area contributed by atoms with Gasteiger partial charge in [-0.15, -0.1) is 0 Å². The van der Waals surface area contributed by atoms with E-state index in [2.05, 4.69) is 65.0 Å². The van der Waals surface area contributed by atoms with Crippen molar-refractivity contribution in [3.63, 3.8) is 0 Å². The molecule has 2 aliphatic heterocycles. The van der Waals surface area contributed by atoms with Crippen LogP contribution in [0, 0.1) is 6.92 Å². The molecule has 0 amide bonds. The van der Waals surface area contributed by atoms with Crippen molar-refractivity contribution in [3.05, 3.63) is 47.0 Å². The first-order valence-corrected chi connectivity index (χ1v) is 7.93. The van der Waals surface area contributed by atoms with Crippen LogP contribution in [0.15, 0.2) is 40.9 Å². The van der Waals surface area contributed by atoms with E-state index in [1.165, 1.54) is 16.7 Å². The lowest BCUT2D eigenvalue weighted by molar-refractivity contribution is 0.246. The van der Waals surface area contributed by atoms with Crippen LogP contribution < -0.4 is 0 Å². The summed E-state index contributed by atoms with van der Waals surface area (Å²) in [5.74, 6) is 0.764. The number of epoxide rings is 1. The Balaban J connectivity index is 1.90. The lowest BCUT2D eigenvalue weighted by Crippen LogP contribution is -2.25. The van der Waals surface area contributed by atoms with Gasteiger partial charge in [-0.2, -0.15) is 0 Å². The van der Waals surface area contributed by atoms with Gasteiger partial charge in [-0.3, -0.25) is 0 Å². The summed E-state index contributed by atoms with van der Waals surface area (Å²) in [5, 5.41) is 0. The molecule has 1 saturated heterocycles. The van der Waals surface area contributed by atoms with E-state index in [1.54, 1.807) is 0 Å². The monoisotopic (exact) mass is 299 g/mol. The molecule has 2 atom stereocenters. The normalized spacial score (nSPS) is 28.8. The highest BCUT2D eigenvalue weighted by Gasteiger charge is 2.63. The van der Waals surface area contributed by atoms with Crippen molar-refractivity contribution in [1.29, 1.82) is 0 Å². The molecule has 2 heterocycles. The van der Waals surface area contributed by atoms with Crippen molar-refractivity contribution in [2.75, 3.05) is 6.61 Å². The quantitative estimate of drug-likeness (QED) is 0.611. The molecule has 2 aliphatic rings. The predicted molar refractivity (Wildman–Crippen MR) is 89.3 cm³/mol. The SMILES string of the molecule is CC(C)=CC[C@]1(C2=NC(C)(C)CO2)O[C@@H]1c1ccc(C)cc1. The van der Waals surface area contributed by atoms with E-state index in [0.717, 1.165) is 12.3 Å². The highest BCUT2D eigenvalue weighted by Crippen LogP contribution is 2.54. The van der Waals surface area contributed by atoms with Crippen LogP contribution in [0.5, 0.6) is 0 Å².